The van der Waals surface area contributed by atoms with Crippen LogP contribution in [0.5, 0.6) is 0 Å². The van der Waals surface area contributed by atoms with Gasteiger partial charge in [0.25, 0.3) is 11.5 Å². The van der Waals surface area contributed by atoms with Gasteiger partial charge in [-0.2, -0.15) is 0 Å². The summed E-state index contributed by atoms with van der Waals surface area (Å²) in [6, 6.07) is 8.72. The zero-order chi connectivity index (χ0) is 21.3. The Kier molecular flexibility index (Phi) is 5.84. The first-order valence-electron chi connectivity index (χ1n) is 11.1. The van der Waals surface area contributed by atoms with Crippen molar-refractivity contribution in [1.29, 1.82) is 0 Å². The first kappa shape index (κ1) is 20.5. The zero-order valence-corrected chi connectivity index (χ0v) is 18.2. The lowest BCUT2D eigenvalue weighted by Crippen LogP contribution is -2.29. The summed E-state index contributed by atoms with van der Waals surface area (Å²) in [6.07, 6.45) is 8.86. The van der Waals surface area contributed by atoms with Gasteiger partial charge in [0.1, 0.15) is 7.85 Å². The third-order valence-corrected chi connectivity index (χ3v) is 6.25. The van der Waals surface area contributed by atoms with Crippen molar-refractivity contribution in [2.24, 2.45) is 0 Å². The molecule has 0 bridgehead atoms. The van der Waals surface area contributed by atoms with Gasteiger partial charge in [-0.15, -0.1) is 0 Å². The normalized spacial score (nSPS) is 14.5. The number of fused-ring (bicyclic) bond motifs is 1. The maximum atomic E-state index is 13.1. The summed E-state index contributed by atoms with van der Waals surface area (Å²) >= 11 is 0. The van der Waals surface area contributed by atoms with Gasteiger partial charge >= 0.3 is 0 Å². The van der Waals surface area contributed by atoms with E-state index in [1.165, 1.54) is 25.7 Å². The highest BCUT2D eigenvalue weighted by Crippen LogP contribution is 2.33. The van der Waals surface area contributed by atoms with Crippen molar-refractivity contribution in [2.75, 3.05) is 0 Å². The number of carbonyl (C=O) groups excluding carboxylic acids is 1. The van der Waals surface area contributed by atoms with Crippen molar-refractivity contribution in [3.05, 3.63) is 63.2 Å². The number of hydrogen-bond donors (Lipinski definition) is 2. The minimum atomic E-state index is -0.129. The summed E-state index contributed by atoms with van der Waals surface area (Å²) in [4.78, 5) is 28.5. The molecule has 6 heteroatoms. The minimum Gasteiger partial charge on any atom is -0.348 e. The summed E-state index contributed by atoms with van der Waals surface area (Å²) < 4.78 is 2.34. The van der Waals surface area contributed by atoms with Crippen LogP contribution in [0.15, 0.2) is 35.3 Å². The van der Waals surface area contributed by atoms with E-state index in [0.29, 0.717) is 17.2 Å². The molecule has 0 radical (unpaired) electrons. The summed E-state index contributed by atoms with van der Waals surface area (Å²) in [6.45, 7) is 4.22. The van der Waals surface area contributed by atoms with Crippen LogP contribution in [0.1, 0.15) is 72.2 Å². The van der Waals surface area contributed by atoms with Gasteiger partial charge in [-0.25, -0.2) is 0 Å². The zero-order valence-electron chi connectivity index (χ0n) is 18.2. The Morgan fingerprint density at radius 3 is 2.77 bits per heavy atom. The molecule has 1 aliphatic rings. The largest absolute Gasteiger partial charge is 0.348 e. The Morgan fingerprint density at radius 1 is 1.27 bits per heavy atom. The molecule has 0 atom stereocenters. The fourth-order valence-electron chi connectivity index (χ4n) is 4.83. The number of aromatic amines is 1. The van der Waals surface area contributed by atoms with Gasteiger partial charge in [-0.1, -0.05) is 37.7 Å². The highest BCUT2D eigenvalue weighted by atomic mass is 16.1. The van der Waals surface area contributed by atoms with Crippen LogP contribution in [0.2, 0.25) is 0 Å². The highest BCUT2D eigenvalue weighted by molar-refractivity contribution is 6.34. The first-order valence-corrected chi connectivity index (χ1v) is 11.1. The molecule has 30 heavy (non-hydrogen) atoms. The van der Waals surface area contributed by atoms with Gasteiger partial charge in [0.2, 0.25) is 0 Å². The van der Waals surface area contributed by atoms with Crippen molar-refractivity contribution in [2.45, 2.75) is 65.0 Å². The van der Waals surface area contributed by atoms with Crippen molar-refractivity contribution in [3.63, 3.8) is 0 Å². The lowest BCUT2D eigenvalue weighted by atomic mass is 9.92. The van der Waals surface area contributed by atoms with Crippen LogP contribution >= 0.6 is 0 Å². The molecule has 3 aromatic rings. The standard InChI is InChI=1S/C24H30BN3O2/c1-3-6-16-11-15(2)27-24(30)21(16)14-26-23(29)20-12-17(25)13-22-19(20)9-10-28(22)18-7-4-5-8-18/h9-13,18H,3-8,14,25H2,1-2H3,(H,26,29)(H,27,30). The molecule has 2 heterocycles. The molecule has 1 amide bonds. The number of amides is 1. The number of carbonyl (C=O) groups is 1. The lowest BCUT2D eigenvalue weighted by molar-refractivity contribution is 0.0952. The van der Waals surface area contributed by atoms with E-state index in [4.69, 9.17) is 0 Å². The van der Waals surface area contributed by atoms with E-state index in [1.807, 2.05) is 26.9 Å². The molecule has 0 spiro atoms. The van der Waals surface area contributed by atoms with E-state index in [-0.39, 0.29) is 18.0 Å². The molecule has 2 aromatic heterocycles. The molecule has 156 valence electrons. The van der Waals surface area contributed by atoms with Crippen LogP contribution in [0.3, 0.4) is 0 Å². The maximum absolute atomic E-state index is 13.1. The predicted octanol–water partition coefficient (Wildman–Crippen LogP) is 2.89. The number of nitrogens with zero attached hydrogens (tertiary/aromatic N) is 1. The molecule has 1 aromatic carbocycles. The van der Waals surface area contributed by atoms with E-state index in [2.05, 4.69) is 40.1 Å². The number of benzene rings is 1. The number of H-pyrrole nitrogens is 1. The average Bonchev–Trinajstić information content (AvgIpc) is 3.36. The SMILES string of the molecule is Bc1cc(C(=O)NCc2c(CCC)cc(C)[nH]c2=O)c2ccn(C3CCCC3)c2c1. The van der Waals surface area contributed by atoms with Crippen molar-refractivity contribution in [3.8, 4) is 0 Å². The predicted molar refractivity (Wildman–Crippen MR) is 125 cm³/mol. The Bertz CT molecular complexity index is 1140. The fourth-order valence-corrected chi connectivity index (χ4v) is 4.83. The highest BCUT2D eigenvalue weighted by Gasteiger charge is 2.21. The Balaban J connectivity index is 1.62. The van der Waals surface area contributed by atoms with Crippen LogP contribution in [0.25, 0.3) is 10.9 Å². The fraction of sp³-hybridized carbons (Fsp3) is 0.417. The molecule has 0 aliphatic heterocycles. The van der Waals surface area contributed by atoms with Gasteiger partial charge in [0.05, 0.1) is 0 Å². The van der Waals surface area contributed by atoms with Crippen LogP contribution in [-0.2, 0) is 13.0 Å². The third-order valence-electron chi connectivity index (χ3n) is 6.25. The van der Waals surface area contributed by atoms with Crippen molar-refractivity contribution in [1.82, 2.24) is 14.9 Å². The maximum Gasteiger partial charge on any atom is 0.253 e. The molecule has 1 fully saturated rings. The Morgan fingerprint density at radius 2 is 2.03 bits per heavy atom. The number of pyridine rings is 1. The average molecular weight is 403 g/mol. The van der Waals surface area contributed by atoms with Crippen LogP contribution in [0.4, 0.5) is 0 Å². The second-order valence-electron chi connectivity index (χ2n) is 8.62. The molecular formula is C24H30BN3O2. The summed E-state index contributed by atoms with van der Waals surface area (Å²) in [5, 5.41) is 3.99. The van der Waals surface area contributed by atoms with Gasteiger partial charge in [-0.3, -0.25) is 9.59 Å². The van der Waals surface area contributed by atoms with Gasteiger partial charge in [-0.05, 0) is 49.9 Å². The van der Waals surface area contributed by atoms with Crippen LogP contribution < -0.4 is 16.3 Å². The smallest absolute Gasteiger partial charge is 0.253 e. The molecule has 2 N–H and O–H groups in total. The minimum absolute atomic E-state index is 0.111. The number of aromatic nitrogens is 2. The summed E-state index contributed by atoms with van der Waals surface area (Å²) in [5.41, 5.74) is 5.30. The monoisotopic (exact) mass is 403 g/mol. The second-order valence-corrected chi connectivity index (χ2v) is 8.62. The quantitative estimate of drug-likeness (QED) is 0.622. The number of aryl methyl sites for hydroxylation is 2. The molecule has 5 nitrogen and oxygen atoms in total. The number of rotatable bonds is 6. The van der Waals surface area contributed by atoms with E-state index in [1.54, 1.807) is 0 Å². The van der Waals surface area contributed by atoms with Crippen molar-refractivity contribution >= 4 is 30.1 Å². The summed E-state index contributed by atoms with van der Waals surface area (Å²) in [7, 11) is 2.03. The van der Waals surface area contributed by atoms with Crippen molar-refractivity contribution < 1.29 is 4.79 Å². The van der Waals surface area contributed by atoms with Gasteiger partial charge < -0.3 is 14.9 Å². The van der Waals surface area contributed by atoms with E-state index >= 15 is 0 Å². The number of nitrogens with one attached hydrogen (secondary N) is 2. The van der Waals surface area contributed by atoms with Gasteiger partial charge in [0, 0.05) is 46.5 Å². The Labute approximate surface area is 178 Å². The first-order chi connectivity index (χ1) is 14.5. The lowest BCUT2D eigenvalue weighted by Gasteiger charge is -2.15. The van der Waals surface area contributed by atoms with E-state index < -0.39 is 0 Å². The molecule has 0 unspecified atom stereocenters. The van der Waals surface area contributed by atoms with Gasteiger partial charge in [0.15, 0.2) is 0 Å². The van der Waals surface area contributed by atoms with Crippen LogP contribution in [0, 0.1) is 6.92 Å². The third kappa shape index (κ3) is 3.96. The summed E-state index contributed by atoms with van der Waals surface area (Å²) in [5.74, 6) is -0.129. The molecule has 4 rings (SSSR count). The number of hydrogen-bond acceptors (Lipinski definition) is 2. The topological polar surface area (TPSA) is 66.9 Å². The molecule has 1 saturated carbocycles. The second kappa shape index (κ2) is 8.54. The molecule has 0 saturated heterocycles. The van der Waals surface area contributed by atoms with E-state index in [9.17, 15) is 9.59 Å². The molecular weight excluding hydrogens is 373 g/mol. The van der Waals surface area contributed by atoms with Crippen LogP contribution in [-0.4, -0.2) is 23.3 Å². The Hall–Kier alpha value is -2.76. The molecule has 1 aliphatic carbocycles. The van der Waals surface area contributed by atoms with E-state index in [0.717, 1.165) is 40.5 Å².